The molecule has 1 unspecified atom stereocenters. The molecule has 0 aliphatic heterocycles. The molecular formula is C27H24N2O3S. The Morgan fingerprint density at radius 1 is 1.06 bits per heavy atom. The Balaban J connectivity index is 1.44. The minimum atomic E-state index is -0.200. The van der Waals surface area contributed by atoms with Crippen LogP contribution in [0.5, 0.6) is 0 Å². The van der Waals surface area contributed by atoms with E-state index in [4.69, 9.17) is 9.72 Å². The van der Waals surface area contributed by atoms with E-state index in [0.29, 0.717) is 28.2 Å². The highest BCUT2D eigenvalue weighted by molar-refractivity contribution is 7.99. The quantitative estimate of drug-likeness (QED) is 0.193. The molecule has 0 amide bonds. The van der Waals surface area contributed by atoms with E-state index >= 15 is 0 Å². The molecule has 1 heterocycles. The smallest absolute Gasteiger partial charge is 0.262 e. The molecular weight excluding hydrogens is 432 g/mol. The summed E-state index contributed by atoms with van der Waals surface area (Å²) in [5, 5.41) is 1.09. The van der Waals surface area contributed by atoms with Gasteiger partial charge in [0.05, 0.1) is 29.3 Å². The number of aromatic nitrogens is 2. The summed E-state index contributed by atoms with van der Waals surface area (Å²) < 4.78 is 6.92. The topological polar surface area (TPSA) is 61.2 Å². The lowest BCUT2D eigenvalue weighted by Crippen LogP contribution is -2.28. The molecule has 5 rings (SSSR count). The van der Waals surface area contributed by atoms with E-state index in [1.54, 1.807) is 17.7 Å². The highest BCUT2D eigenvalue weighted by Crippen LogP contribution is 2.37. The number of ketones is 1. The van der Waals surface area contributed by atoms with Crippen molar-refractivity contribution < 1.29 is 9.53 Å². The lowest BCUT2D eigenvalue weighted by molar-refractivity contribution is 0.102. The van der Waals surface area contributed by atoms with E-state index in [2.05, 4.69) is 18.2 Å². The number of methoxy groups -OCH3 is 1. The summed E-state index contributed by atoms with van der Waals surface area (Å²) in [4.78, 5) is 31.0. The number of benzene rings is 3. The van der Waals surface area contributed by atoms with Gasteiger partial charge in [-0.1, -0.05) is 60.3 Å². The fourth-order valence-corrected chi connectivity index (χ4v) is 5.43. The van der Waals surface area contributed by atoms with Crippen LogP contribution in [-0.2, 0) is 11.2 Å². The van der Waals surface area contributed by atoms with E-state index in [-0.39, 0.29) is 23.1 Å². The number of fused-ring (bicyclic) bond motifs is 4. The van der Waals surface area contributed by atoms with Crippen molar-refractivity contribution in [3.8, 4) is 11.1 Å². The number of Topliss-reactive ketones (excluding diaryl/α,β-unsaturated/α-hetero) is 1. The van der Waals surface area contributed by atoms with Crippen molar-refractivity contribution in [1.29, 1.82) is 0 Å². The Morgan fingerprint density at radius 2 is 1.82 bits per heavy atom. The van der Waals surface area contributed by atoms with Crippen LogP contribution >= 0.6 is 11.8 Å². The fourth-order valence-electron chi connectivity index (χ4n) is 4.44. The highest BCUT2D eigenvalue weighted by atomic mass is 32.2. The van der Waals surface area contributed by atoms with Crippen molar-refractivity contribution in [2.24, 2.45) is 0 Å². The molecule has 33 heavy (non-hydrogen) atoms. The maximum Gasteiger partial charge on any atom is 0.262 e. The molecule has 4 aromatic rings. The van der Waals surface area contributed by atoms with Crippen LogP contribution < -0.4 is 5.56 Å². The zero-order valence-electron chi connectivity index (χ0n) is 18.6. The number of hydrogen-bond donors (Lipinski definition) is 0. The number of ether oxygens (including phenoxy) is 1. The predicted octanol–water partition coefficient (Wildman–Crippen LogP) is 5.15. The van der Waals surface area contributed by atoms with Gasteiger partial charge in [-0.3, -0.25) is 14.2 Å². The van der Waals surface area contributed by atoms with Crippen molar-refractivity contribution in [2.75, 3.05) is 19.5 Å². The van der Waals surface area contributed by atoms with Crippen LogP contribution in [0.25, 0.3) is 22.0 Å². The second-order valence-electron chi connectivity index (χ2n) is 8.31. The predicted molar refractivity (Wildman–Crippen MR) is 132 cm³/mol. The molecule has 0 N–H and O–H groups in total. The lowest BCUT2D eigenvalue weighted by Gasteiger charge is -2.18. The monoisotopic (exact) mass is 456 g/mol. The van der Waals surface area contributed by atoms with Crippen LogP contribution in [-0.4, -0.2) is 34.8 Å². The maximum atomic E-state index is 13.2. The Morgan fingerprint density at radius 3 is 2.67 bits per heavy atom. The fraction of sp³-hybridized carbons (Fsp3) is 0.222. The third-order valence-corrected chi connectivity index (χ3v) is 7.03. The Hall–Kier alpha value is -3.22. The zero-order chi connectivity index (χ0) is 22.9. The van der Waals surface area contributed by atoms with E-state index < -0.39 is 0 Å². The van der Waals surface area contributed by atoms with Crippen LogP contribution in [0.3, 0.4) is 0 Å². The van der Waals surface area contributed by atoms with E-state index in [9.17, 15) is 9.59 Å². The van der Waals surface area contributed by atoms with Crippen molar-refractivity contribution in [3.05, 3.63) is 93.8 Å². The minimum absolute atomic E-state index is 0.0144. The normalized spacial score (nSPS) is 13.0. The summed E-state index contributed by atoms with van der Waals surface area (Å²) in [6.45, 7) is 2.30. The number of nitrogens with zero attached hydrogens (tertiary/aromatic N) is 2. The zero-order valence-corrected chi connectivity index (χ0v) is 19.4. The molecule has 166 valence electrons. The van der Waals surface area contributed by atoms with Crippen molar-refractivity contribution >= 4 is 28.4 Å². The van der Waals surface area contributed by atoms with Crippen molar-refractivity contribution in [3.63, 3.8) is 0 Å². The van der Waals surface area contributed by atoms with Crippen LogP contribution in [0, 0.1) is 0 Å². The Kier molecular flexibility index (Phi) is 5.87. The third-order valence-electron chi connectivity index (χ3n) is 6.08. The van der Waals surface area contributed by atoms with Gasteiger partial charge in [0.15, 0.2) is 10.9 Å². The number of para-hydroxylation sites is 1. The average molecular weight is 457 g/mol. The van der Waals surface area contributed by atoms with Crippen molar-refractivity contribution in [2.45, 2.75) is 24.5 Å². The number of hydrogen-bond acceptors (Lipinski definition) is 5. The first-order valence-electron chi connectivity index (χ1n) is 10.9. The molecule has 1 atom stereocenters. The van der Waals surface area contributed by atoms with Gasteiger partial charge in [0.25, 0.3) is 5.56 Å². The third kappa shape index (κ3) is 4.01. The molecule has 0 radical (unpaired) electrons. The lowest BCUT2D eigenvalue weighted by atomic mass is 10.0. The van der Waals surface area contributed by atoms with Gasteiger partial charge in [-0.25, -0.2) is 4.98 Å². The first kappa shape index (κ1) is 21.6. The van der Waals surface area contributed by atoms with E-state index in [1.165, 1.54) is 28.5 Å². The summed E-state index contributed by atoms with van der Waals surface area (Å²) in [7, 11) is 1.61. The molecule has 0 fully saturated rings. The van der Waals surface area contributed by atoms with Gasteiger partial charge in [-0.05, 0) is 53.8 Å². The van der Waals surface area contributed by atoms with Crippen molar-refractivity contribution in [1.82, 2.24) is 9.55 Å². The number of thioether (sulfide) groups is 1. The largest absolute Gasteiger partial charge is 0.383 e. The highest BCUT2D eigenvalue weighted by Gasteiger charge is 2.21. The van der Waals surface area contributed by atoms with Gasteiger partial charge in [0.1, 0.15) is 0 Å². The van der Waals surface area contributed by atoms with Gasteiger partial charge in [-0.2, -0.15) is 0 Å². The van der Waals surface area contributed by atoms with E-state index in [1.807, 2.05) is 49.4 Å². The molecule has 0 bridgehead atoms. The maximum absolute atomic E-state index is 13.2. The van der Waals surface area contributed by atoms with Gasteiger partial charge >= 0.3 is 0 Å². The Bertz CT molecular complexity index is 1430. The van der Waals surface area contributed by atoms with Crippen LogP contribution in [0.15, 0.2) is 76.7 Å². The molecule has 0 spiro atoms. The van der Waals surface area contributed by atoms with Gasteiger partial charge in [-0.15, -0.1) is 0 Å². The minimum Gasteiger partial charge on any atom is -0.383 e. The first-order valence-corrected chi connectivity index (χ1v) is 11.9. The second kappa shape index (κ2) is 8.96. The Labute approximate surface area is 196 Å². The van der Waals surface area contributed by atoms with Crippen LogP contribution in [0.1, 0.15) is 34.5 Å². The molecule has 1 aliphatic rings. The summed E-state index contributed by atoms with van der Waals surface area (Å²) in [5.41, 5.74) is 6.07. The molecule has 6 heteroatoms. The van der Waals surface area contributed by atoms with E-state index in [0.717, 1.165) is 12.0 Å². The molecule has 3 aromatic carbocycles. The van der Waals surface area contributed by atoms with Gasteiger partial charge in [0, 0.05) is 12.7 Å². The summed E-state index contributed by atoms with van der Waals surface area (Å²) >= 11 is 1.30. The first-order chi connectivity index (χ1) is 16.1. The summed E-state index contributed by atoms with van der Waals surface area (Å²) in [6, 6.07) is 21.4. The van der Waals surface area contributed by atoms with Crippen LogP contribution in [0.4, 0.5) is 0 Å². The summed E-state index contributed by atoms with van der Waals surface area (Å²) in [5.74, 6) is 0.214. The SMILES string of the molecule is COCC(C)n1c(SCC(=O)c2ccc3c(c2)-c2ccccc2C3)nc2ccccc2c1=O. The molecule has 1 aliphatic carbocycles. The van der Waals surface area contributed by atoms with Gasteiger partial charge in [0.2, 0.25) is 0 Å². The number of carbonyl (C=O) groups is 1. The molecule has 0 saturated heterocycles. The van der Waals surface area contributed by atoms with Crippen LogP contribution in [0.2, 0.25) is 0 Å². The standard InChI is InChI=1S/C27H24N2O3S/c1-17(15-32-2)29-26(31)22-9-5-6-10-24(22)28-27(29)33-16-25(30)20-12-11-19-13-18-7-3-4-8-21(18)23(19)14-20/h3-12,14,17H,13,15-16H2,1-2H3. The summed E-state index contributed by atoms with van der Waals surface area (Å²) in [6.07, 6.45) is 0.902. The number of rotatable bonds is 7. The number of carbonyl (C=O) groups excluding carboxylic acids is 1. The molecule has 5 nitrogen and oxygen atoms in total. The average Bonchev–Trinajstić information content (AvgIpc) is 3.20. The second-order valence-corrected chi connectivity index (χ2v) is 9.25. The molecule has 0 saturated carbocycles. The molecule has 1 aromatic heterocycles. The van der Waals surface area contributed by atoms with Gasteiger partial charge < -0.3 is 4.74 Å².